The molecule has 0 aromatic heterocycles. The number of carbonyl (C=O) groups is 1. The molecule has 0 unspecified atom stereocenters. The first-order valence-corrected chi connectivity index (χ1v) is 9.05. The summed E-state index contributed by atoms with van der Waals surface area (Å²) in [5, 5.41) is 7.95. The minimum Gasteiger partial charge on any atom is -0.383 e. The number of nitrogens with one attached hydrogen (secondary N) is 1. The lowest BCUT2D eigenvalue weighted by molar-refractivity contribution is -0.124. The maximum Gasteiger partial charge on any atom is 0.238 e. The number of methoxy groups -OCH3 is 1. The Morgan fingerprint density at radius 2 is 2.09 bits per heavy atom. The van der Waals surface area contributed by atoms with Crippen molar-refractivity contribution in [3.8, 4) is 0 Å². The number of likely N-dealkylation sites (tertiary alicyclic amines) is 1. The van der Waals surface area contributed by atoms with Gasteiger partial charge in [-0.15, -0.1) is 0 Å². The number of ether oxygens (including phenoxy) is 1. The molecule has 0 saturated carbocycles. The van der Waals surface area contributed by atoms with E-state index in [1.807, 2.05) is 0 Å². The fraction of sp³-hybridized carbons (Fsp3) is 0.533. The third kappa shape index (κ3) is 5.28. The zero-order valence-electron chi connectivity index (χ0n) is 13.2. The van der Waals surface area contributed by atoms with Crippen LogP contribution in [0.5, 0.6) is 0 Å². The summed E-state index contributed by atoms with van der Waals surface area (Å²) in [5.74, 6) is 0.0241. The molecule has 8 heteroatoms. The Bertz CT molecular complexity index is 631. The standard InChI is InChI=1S/C15H23N3O4S/c1-22-9-8-18-7-6-13(11-18)15(19)17-10-12-2-4-14(5-3-12)23(16,20)21/h2-5,13H,6-11H2,1H3,(H,17,19)(H2,16,20,21)/t13-/m1/s1. The molecule has 1 aliphatic rings. The quantitative estimate of drug-likeness (QED) is 0.722. The van der Waals surface area contributed by atoms with Crippen LogP contribution in [-0.2, 0) is 26.1 Å². The number of nitrogens with two attached hydrogens (primary N) is 1. The molecular weight excluding hydrogens is 318 g/mol. The highest BCUT2D eigenvalue weighted by Gasteiger charge is 2.27. The van der Waals surface area contributed by atoms with Gasteiger partial charge in [0.05, 0.1) is 17.4 Å². The number of rotatable bonds is 7. The summed E-state index contributed by atoms with van der Waals surface area (Å²) < 4.78 is 27.4. The van der Waals surface area contributed by atoms with Gasteiger partial charge in [0.15, 0.2) is 0 Å². The minimum atomic E-state index is -3.68. The molecule has 1 fully saturated rings. The number of amides is 1. The Hall–Kier alpha value is -1.48. The van der Waals surface area contributed by atoms with Gasteiger partial charge in [0, 0.05) is 26.7 Å². The van der Waals surface area contributed by atoms with Crippen molar-refractivity contribution in [2.75, 3.05) is 33.4 Å². The smallest absolute Gasteiger partial charge is 0.238 e. The lowest BCUT2D eigenvalue weighted by Gasteiger charge is -2.15. The van der Waals surface area contributed by atoms with Crippen molar-refractivity contribution >= 4 is 15.9 Å². The average Bonchev–Trinajstić information content (AvgIpc) is 2.99. The zero-order valence-corrected chi connectivity index (χ0v) is 14.0. The van der Waals surface area contributed by atoms with Crippen molar-refractivity contribution in [1.82, 2.24) is 10.2 Å². The Morgan fingerprint density at radius 1 is 1.39 bits per heavy atom. The second-order valence-electron chi connectivity index (χ2n) is 5.69. The van der Waals surface area contributed by atoms with Gasteiger partial charge in [-0.2, -0.15) is 0 Å². The molecule has 1 saturated heterocycles. The molecule has 7 nitrogen and oxygen atoms in total. The zero-order chi connectivity index (χ0) is 16.9. The fourth-order valence-electron chi connectivity index (χ4n) is 2.60. The first-order chi connectivity index (χ1) is 10.9. The van der Waals surface area contributed by atoms with E-state index in [0.29, 0.717) is 13.2 Å². The van der Waals surface area contributed by atoms with E-state index in [1.165, 1.54) is 12.1 Å². The maximum atomic E-state index is 12.2. The summed E-state index contributed by atoms with van der Waals surface area (Å²) in [6, 6.07) is 6.19. The molecule has 3 N–H and O–H groups in total. The summed E-state index contributed by atoms with van der Waals surface area (Å²) in [7, 11) is -2.01. The van der Waals surface area contributed by atoms with Crippen molar-refractivity contribution in [2.45, 2.75) is 17.9 Å². The summed E-state index contributed by atoms with van der Waals surface area (Å²) in [6.07, 6.45) is 0.847. The van der Waals surface area contributed by atoms with Crippen molar-refractivity contribution in [3.63, 3.8) is 0 Å². The highest BCUT2D eigenvalue weighted by molar-refractivity contribution is 7.89. The van der Waals surface area contributed by atoms with Gasteiger partial charge in [0.1, 0.15) is 0 Å². The third-order valence-electron chi connectivity index (χ3n) is 3.97. The van der Waals surface area contributed by atoms with E-state index in [-0.39, 0.29) is 16.7 Å². The summed E-state index contributed by atoms with van der Waals surface area (Å²) in [4.78, 5) is 14.5. The molecule has 128 valence electrons. The molecule has 1 aromatic rings. The van der Waals surface area contributed by atoms with E-state index in [9.17, 15) is 13.2 Å². The number of primary sulfonamides is 1. The van der Waals surface area contributed by atoms with Crippen LogP contribution in [0, 0.1) is 5.92 Å². The van der Waals surface area contributed by atoms with Crippen LogP contribution < -0.4 is 10.5 Å². The monoisotopic (exact) mass is 341 g/mol. The first kappa shape index (κ1) is 17.9. The van der Waals surface area contributed by atoms with Crippen molar-refractivity contribution in [1.29, 1.82) is 0 Å². The fourth-order valence-corrected chi connectivity index (χ4v) is 3.12. The number of nitrogens with zero attached hydrogens (tertiary/aromatic N) is 1. The molecule has 2 rings (SSSR count). The van der Waals surface area contributed by atoms with Gasteiger partial charge >= 0.3 is 0 Å². The van der Waals surface area contributed by atoms with E-state index in [4.69, 9.17) is 9.88 Å². The predicted octanol–water partition coefficient (Wildman–Crippen LogP) is -0.0815. The molecule has 1 aromatic carbocycles. The van der Waals surface area contributed by atoms with E-state index < -0.39 is 10.0 Å². The van der Waals surface area contributed by atoms with Crippen LogP contribution in [0.2, 0.25) is 0 Å². The van der Waals surface area contributed by atoms with Gasteiger partial charge in [0.25, 0.3) is 0 Å². The van der Waals surface area contributed by atoms with Crippen LogP contribution in [0.25, 0.3) is 0 Å². The lowest BCUT2D eigenvalue weighted by atomic mass is 10.1. The topological polar surface area (TPSA) is 102 Å². The van der Waals surface area contributed by atoms with Gasteiger partial charge in [-0.25, -0.2) is 13.6 Å². The first-order valence-electron chi connectivity index (χ1n) is 7.51. The minimum absolute atomic E-state index is 0.00412. The number of benzene rings is 1. The van der Waals surface area contributed by atoms with Crippen LogP contribution in [0.15, 0.2) is 29.2 Å². The Kier molecular flexibility index (Phi) is 6.11. The Balaban J connectivity index is 1.81. The SMILES string of the molecule is COCCN1CC[C@@H](C(=O)NCc2ccc(S(N)(=O)=O)cc2)C1. The predicted molar refractivity (Wildman–Crippen MR) is 86.1 cm³/mol. The number of carbonyl (C=O) groups excluding carboxylic acids is 1. The highest BCUT2D eigenvalue weighted by atomic mass is 32.2. The molecule has 23 heavy (non-hydrogen) atoms. The number of sulfonamides is 1. The van der Waals surface area contributed by atoms with Gasteiger partial charge in [-0.1, -0.05) is 12.1 Å². The molecule has 0 bridgehead atoms. The summed E-state index contributed by atoms with van der Waals surface area (Å²) >= 11 is 0. The number of hydrogen-bond donors (Lipinski definition) is 2. The second-order valence-corrected chi connectivity index (χ2v) is 7.25. The van der Waals surface area contributed by atoms with Crippen LogP contribution in [0.3, 0.4) is 0 Å². The normalized spacial score (nSPS) is 19.0. The van der Waals surface area contributed by atoms with Gasteiger partial charge < -0.3 is 15.0 Å². The molecule has 0 spiro atoms. The Morgan fingerprint density at radius 3 is 2.70 bits per heavy atom. The van der Waals surface area contributed by atoms with Gasteiger partial charge in [-0.05, 0) is 30.7 Å². The van der Waals surface area contributed by atoms with E-state index in [2.05, 4.69) is 10.2 Å². The molecule has 1 atom stereocenters. The Labute approximate surface area is 136 Å². The van der Waals surface area contributed by atoms with Gasteiger partial charge in [-0.3, -0.25) is 4.79 Å². The largest absolute Gasteiger partial charge is 0.383 e. The molecule has 1 heterocycles. The number of hydrogen-bond acceptors (Lipinski definition) is 5. The van der Waals surface area contributed by atoms with Crippen molar-refractivity contribution < 1.29 is 17.9 Å². The lowest BCUT2D eigenvalue weighted by Crippen LogP contribution is -2.33. The van der Waals surface area contributed by atoms with Gasteiger partial charge in [0.2, 0.25) is 15.9 Å². The molecule has 1 amide bonds. The van der Waals surface area contributed by atoms with E-state index in [0.717, 1.165) is 31.6 Å². The molecule has 1 aliphatic heterocycles. The van der Waals surface area contributed by atoms with Crippen LogP contribution in [-0.4, -0.2) is 52.6 Å². The van der Waals surface area contributed by atoms with Crippen LogP contribution >= 0.6 is 0 Å². The third-order valence-corrected chi connectivity index (χ3v) is 4.90. The average molecular weight is 341 g/mol. The second kappa shape index (κ2) is 7.87. The maximum absolute atomic E-state index is 12.2. The van der Waals surface area contributed by atoms with E-state index >= 15 is 0 Å². The van der Waals surface area contributed by atoms with Crippen molar-refractivity contribution in [2.24, 2.45) is 11.1 Å². The summed E-state index contributed by atoms with van der Waals surface area (Å²) in [5.41, 5.74) is 0.833. The van der Waals surface area contributed by atoms with Crippen LogP contribution in [0.4, 0.5) is 0 Å². The van der Waals surface area contributed by atoms with Crippen molar-refractivity contribution in [3.05, 3.63) is 29.8 Å². The molecule has 0 radical (unpaired) electrons. The van der Waals surface area contributed by atoms with E-state index in [1.54, 1.807) is 19.2 Å². The van der Waals surface area contributed by atoms with Crippen LogP contribution in [0.1, 0.15) is 12.0 Å². The molecule has 0 aliphatic carbocycles. The highest BCUT2D eigenvalue weighted by Crippen LogP contribution is 2.16. The summed E-state index contributed by atoms with van der Waals surface area (Å²) in [6.45, 7) is 3.54. The molecular formula is C15H23N3O4S.